The van der Waals surface area contributed by atoms with E-state index in [1.165, 1.54) is 0 Å². The van der Waals surface area contributed by atoms with Crippen LogP contribution in [-0.4, -0.2) is 14.5 Å². The van der Waals surface area contributed by atoms with E-state index in [0.29, 0.717) is 17.9 Å². The molecule has 0 fully saturated rings. The van der Waals surface area contributed by atoms with Crippen molar-refractivity contribution in [2.24, 2.45) is 0 Å². The second kappa shape index (κ2) is 11.2. The molecule has 7 aromatic carbocycles. The third kappa shape index (κ3) is 4.68. The standard InChI is InChI=1S/C44H29N3/c1-3-13-31(14-4-1)40-29-41(46-44(45-40)32-15-5-2-6-16-32)37-28-27-34(35-17-7-8-18-36(35)37)30-23-25-33(26-24-30)47-42-21-11-9-19-38(42)39-20-10-12-22-43(39)47/h1-29H/i9D,10D. The van der Waals surface area contributed by atoms with Gasteiger partial charge in [-0.05, 0) is 52.2 Å². The normalized spacial score (nSPS) is 12.0. The fourth-order valence-electron chi connectivity index (χ4n) is 6.70. The van der Waals surface area contributed by atoms with Crippen LogP contribution >= 0.6 is 0 Å². The Labute approximate surface area is 275 Å². The molecular weight excluding hydrogens is 571 g/mol. The number of hydrogen-bond donors (Lipinski definition) is 0. The quantitative estimate of drug-likeness (QED) is 0.196. The molecule has 2 heterocycles. The summed E-state index contributed by atoms with van der Waals surface area (Å²) in [6.45, 7) is 0. The summed E-state index contributed by atoms with van der Waals surface area (Å²) < 4.78 is 18.7. The van der Waals surface area contributed by atoms with E-state index >= 15 is 0 Å². The van der Waals surface area contributed by atoms with Crippen molar-refractivity contribution in [3.63, 3.8) is 0 Å². The number of rotatable bonds is 5. The molecule has 0 spiro atoms. The molecule has 0 N–H and O–H groups in total. The van der Waals surface area contributed by atoms with Crippen molar-refractivity contribution < 1.29 is 2.74 Å². The van der Waals surface area contributed by atoms with Gasteiger partial charge in [-0.15, -0.1) is 0 Å². The number of para-hydroxylation sites is 2. The Kier molecular flexibility index (Phi) is 5.96. The summed E-state index contributed by atoms with van der Waals surface area (Å²) in [5.41, 5.74) is 10.2. The maximum absolute atomic E-state index is 8.22. The van der Waals surface area contributed by atoms with Crippen LogP contribution in [-0.2, 0) is 0 Å². The van der Waals surface area contributed by atoms with Crippen molar-refractivity contribution in [3.8, 4) is 50.7 Å². The molecule has 0 saturated carbocycles. The van der Waals surface area contributed by atoms with Crippen molar-refractivity contribution in [3.05, 3.63) is 176 Å². The lowest BCUT2D eigenvalue weighted by Gasteiger charge is -2.14. The lowest BCUT2D eigenvalue weighted by Crippen LogP contribution is -1.97. The van der Waals surface area contributed by atoms with Crippen LogP contribution in [0, 0.1) is 0 Å². The molecule has 0 amide bonds. The van der Waals surface area contributed by atoms with Gasteiger partial charge in [0.25, 0.3) is 0 Å². The summed E-state index contributed by atoms with van der Waals surface area (Å²) >= 11 is 0. The Morgan fingerprint density at radius 3 is 1.62 bits per heavy atom. The van der Waals surface area contributed by atoms with Crippen molar-refractivity contribution in [2.75, 3.05) is 0 Å². The van der Waals surface area contributed by atoms with Crippen LogP contribution in [0.25, 0.3) is 83.3 Å². The van der Waals surface area contributed by atoms with Gasteiger partial charge in [0.2, 0.25) is 0 Å². The fourth-order valence-corrected chi connectivity index (χ4v) is 6.70. The molecule has 0 bridgehead atoms. The van der Waals surface area contributed by atoms with E-state index in [2.05, 4.69) is 95.6 Å². The molecule has 220 valence electrons. The van der Waals surface area contributed by atoms with Crippen LogP contribution in [0.4, 0.5) is 0 Å². The molecule has 9 aromatic rings. The topological polar surface area (TPSA) is 30.7 Å². The Morgan fingerprint density at radius 2 is 0.957 bits per heavy atom. The van der Waals surface area contributed by atoms with E-state index < -0.39 is 0 Å². The van der Waals surface area contributed by atoms with Gasteiger partial charge < -0.3 is 4.57 Å². The largest absolute Gasteiger partial charge is 0.309 e. The zero-order chi connectivity index (χ0) is 32.9. The SMILES string of the molecule is [2H]c1ccc2c(c1)c1cc([2H])ccc1n2-c1ccc(-c2ccc(-c3cc(-c4ccccc4)nc(-c4ccccc4)n3)c3ccccc23)cc1. The second-order valence-electron chi connectivity index (χ2n) is 11.7. The molecule has 0 unspecified atom stereocenters. The molecule has 0 radical (unpaired) electrons. The van der Waals surface area contributed by atoms with Crippen molar-refractivity contribution in [1.82, 2.24) is 14.5 Å². The Balaban J connectivity index is 1.17. The number of hydrogen-bond acceptors (Lipinski definition) is 2. The first kappa shape index (κ1) is 24.9. The van der Waals surface area contributed by atoms with Crippen molar-refractivity contribution >= 4 is 32.6 Å². The zero-order valence-electron chi connectivity index (χ0n) is 27.4. The van der Waals surface area contributed by atoms with Gasteiger partial charge in [-0.1, -0.05) is 146 Å². The third-order valence-corrected chi connectivity index (χ3v) is 8.92. The maximum Gasteiger partial charge on any atom is 0.160 e. The maximum atomic E-state index is 8.22. The predicted molar refractivity (Wildman–Crippen MR) is 196 cm³/mol. The first-order chi connectivity index (χ1) is 24.1. The minimum atomic E-state index is 0.460. The van der Waals surface area contributed by atoms with Crippen LogP contribution < -0.4 is 0 Å². The average molecular weight is 602 g/mol. The molecular formula is C44H29N3. The van der Waals surface area contributed by atoms with E-state index in [1.807, 2.05) is 72.8 Å². The first-order valence-electron chi connectivity index (χ1n) is 16.7. The lowest BCUT2D eigenvalue weighted by atomic mass is 9.93. The van der Waals surface area contributed by atoms with Gasteiger partial charge in [0, 0.05) is 33.2 Å². The van der Waals surface area contributed by atoms with E-state index in [0.717, 1.165) is 77.5 Å². The van der Waals surface area contributed by atoms with Gasteiger partial charge in [-0.2, -0.15) is 0 Å². The summed E-state index contributed by atoms with van der Waals surface area (Å²) in [7, 11) is 0. The first-order valence-corrected chi connectivity index (χ1v) is 15.7. The Bertz CT molecular complexity index is 2550. The van der Waals surface area contributed by atoms with Crippen LogP contribution in [0.15, 0.2) is 176 Å². The van der Waals surface area contributed by atoms with Gasteiger partial charge >= 0.3 is 0 Å². The zero-order valence-corrected chi connectivity index (χ0v) is 25.4. The average Bonchev–Trinajstić information content (AvgIpc) is 3.47. The molecule has 2 aromatic heterocycles. The van der Waals surface area contributed by atoms with Gasteiger partial charge in [0.15, 0.2) is 5.82 Å². The number of benzene rings is 7. The van der Waals surface area contributed by atoms with Crippen molar-refractivity contribution in [2.45, 2.75) is 0 Å². The second-order valence-corrected chi connectivity index (χ2v) is 11.7. The highest BCUT2D eigenvalue weighted by Crippen LogP contribution is 2.38. The van der Waals surface area contributed by atoms with Gasteiger partial charge in [-0.3, -0.25) is 0 Å². The van der Waals surface area contributed by atoms with Gasteiger partial charge in [-0.25, -0.2) is 9.97 Å². The third-order valence-electron chi connectivity index (χ3n) is 8.92. The predicted octanol–water partition coefficient (Wildman–Crippen LogP) is 11.4. The summed E-state index contributed by atoms with van der Waals surface area (Å²) in [6.07, 6.45) is 0. The minimum absolute atomic E-state index is 0.460. The summed E-state index contributed by atoms with van der Waals surface area (Å²) in [5, 5.41) is 4.24. The molecule has 0 atom stereocenters. The van der Waals surface area contributed by atoms with E-state index in [9.17, 15) is 0 Å². The monoisotopic (exact) mass is 601 g/mol. The highest BCUT2D eigenvalue weighted by atomic mass is 15.0. The molecule has 47 heavy (non-hydrogen) atoms. The molecule has 9 rings (SSSR count). The number of fused-ring (bicyclic) bond motifs is 4. The molecule has 0 aliphatic rings. The Morgan fingerprint density at radius 1 is 0.404 bits per heavy atom. The summed E-state index contributed by atoms with van der Waals surface area (Å²) in [6, 6.07) is 56.5. The molecule has 0 aliphatic heterocycles. The number of nitrogens with zero attached hydrogens (tertiary/aromatic N) is 3. The van der Waals surface area contributed by atoms with Crippen molar-refractivity contribution in [1.29, 1.82) is 0 Å². The van der Waals surface area contributed by atoms with Crippen LogP contribution in [0.2, 0.25) is 0 Å². The minimum Gasteiger partial charge on any atom is -0.309 e. The van der Waals surface area contributed by atoms with Crippen LogP contribution in [0.3, 0.4) is 0 Å². The number of aromatic nitrogens is 3. The van der Waals surface area contributed by atoms with E-state index in [1.54, 1.807) is 0 Å². The lowest BCUT2D eigenvalue weighted by molar-refractivity contribution is 1.18. The smallest absolute Gasteiger partial charge is 0.160 e. The fraction of sp³-hybridized carbons (Fsp3) is 0. The summed E-state index contributed by atoms with van der Waals surface area (Å²) in [4.78, 5) is 10.1. The summed E-state index contributed by atoms with van der Waals surface area (Å²) in [5.74, 6) is 0.698. The Hall–Kier alpha value is -6.32. The molecule has 3 heteroatoms. The van der Waals surface area contributed by atoms with Crippen LogP contribution in [0.1, 0.15) is 2.74 Å². The van der Waals surface area contributed by atoms with Gasteiger partial charge in [0.1, 0.15) is 0 Å². The van der Waals surface area contributed by atoms with E-state index in [4.69, 9.17) is 12.7 Å². The highest BCUT2D eigenvalue weighted by Gasteiger charge is 2.16. The molecule has 0 aliphatic carbocycles. The van der Waals surface area contributed by atoms with E-state index in [-0.39, 0.29) is 0 Å². The highest BCUT2D eigenvalue weighted by molar-refractivity contribution is 6.09. The molecule has 3 nitrogen and oxygen atoms in total. The molecule has 0 saturated heterocycles. The van der Waals surface area contributed by atoms with Crippen LogP contribution in [0.5, 0.6) is 0 Å². The van der Waals surface area contributed by atoms with Gasteiger partial charge in [0.05, 0.1) is 25.2 Å².